The molecule has 41 heavy (non-hydrogen) atoms. The highest BCUT2D eigenvalue weighted by atomic mass is 32.1. The van der Waals surface area contributed by atoms with Crippen molar-refractivity contribution in [3.63, 3.8) is 0 Å². The van der Waals surface area contributed by atoms with Crippen LogP contribution in [0.5, 0.6) is 11.5 Å². The second-order valence-corrected chi connectivity index (χ2v) is 11.7. The molecule has 0 fully saturated rings. The van der Waals surface area contributed by atoms with Crippen LogP contribution in [0.25, 0.3) is 0 Å². The SMILES string of the molecule is CCCCCCOc1ccc(C2C(C(=O)c3sc(C)nc3C)=C(O)C(=O)N2c2nc(C)c(C(=O)OC)s2)cc1OC. The van der Waals surface area contributed by atoms with Gasteiger partial charge < -0.3 is 19.3 Å². The second kappa shape index (κ2) is 12.8. The number of unbranched alkanes of at least 4 members (excludes halogenated alkanes) is 3. The van der Waals surface area contributed by atoms with Crippen LogP contribution in [0.3, 0.4) is 0 Å². The summed E-state index contributed by atoms with van der Waals surface area (Å²) >= 11 is 2.14. The monoisotopic (exact) mass is 599 g/mol. The number of benzene rings is 1. The lowest BCUT2D eigenvalue weighted by molar-refractivity contribution is -0.117. The van der Waals surface area contributed by atoms with Crippen molar-refractivity contribution in [2.24, 2.45) is 0 Å². The van der Waals surface area contributed by atoms with E-state index in [9.17, 15) is 19.5 Å². The summed E-state index contributed by atoms with van der Waals surface area (Å²) in [6, 6.07) is 4.08. The van der Waals surface area contributed by atoms with E-state index in [1.807, 2.05) is 0 Å². The van der Waals surface area contributed by atoms with Crippen molar-refractivity contribution in [3.8, 4) is 11.5 Å². The molecule has 2 aromatic heterocycles. The number of aliphatic hydroxyl groups is 1. The fourth-order valence-electron chi connectivity index (χ4n) is 4.67. The van der Waals surface area contributed by atoms with Gasteiger partial charge >= 0.3 is 5.97 Å². The first-order valence-electron chi connectivity index (χ1n) is 13.2. The third kappa shape index (κ3) is 5.98. The van der Waals surface area contributed by atoms with Gasteiger partial charge in [0.15, 0.2) is 22.4 Å². The van der Waals surface area contributed by atoms with E-state index in [0.717, 1.165) is 37.0 Å². The Balaban J connectivity index is 1.80. The molecule has 0 saturated heterocycles. The van der Waals surface area contributed by atoms with Crippen LogP contribution in [0.15, 0.2) is 29.5 Å². The molecule has 1 aliphatic heterocycles. The highest BCUT2D eigenvalue weighted by Crippen LogP contribution is 2.46. The molecule has 10 nitrogen and oxygen atoms in total. The molecule has 3 aromatic rings. The number of rotatable bonds is 12. The fourth-order valence-corrected chi connectivity index (χ4v) is 6.55. The summed E-state index contributed by atoms with van der Waals surface area (Å²) in [5, 5.41) is 12.0. The van der Waals surface area contributed by atoms with Crippen molar-refractivity contribution < 1.29 is 33.7 Å². The minimum Gasteiger partial charge on any atom is -0.503 e. The Hall–Kier alpha value is -3.77. The first kappa shape index (κ1) is 30.2. The number of ketones is 1. The summed E-state index contributed by atoms with van der Waals surface area (Å²) in [7, 11) is 2.77. The van der Waals surface area contributed by atoms with E-state index in [4.69, 9.17) is 14.2 Å². The number of aryl methyl sites for hydroxylation is 3. The molecule has 12 heteroatoms. The summed E-state index contributed by atoms with van der Waals surface area (Å²) in [5.74, 6) is -1.66. The summed E-state index contributed by atoms with van der Waals surface area (Å²) < 4.78 is 16.4. The van der Waals surface area contributed by atoms with Gasteiger partial charge in [0.05, 0.1) is 53.7 Å². The number of hydrogen-bond donors (Lipinski definition) is 1. The van der Waals surface area contributed by atoms with Crippen LogP contribution in [0.4, 0.5) is 5.13 Å². The lowest BCUT2D eigenvalue weighted by Crippen LogP contribution is -2.31. The topological polar surface area (TPSA) is 128 Å². The first-order chi connectivity index (χ1) is 19.6. The molecule has 218 valence electrons. The maximum absolute atomic E-state index is 13.9. The molecule has 4 rings (SSSR count). The Morgan fingerprint density at radius 1 is 1.00 bits per heavy atom. The van der Waals surface area contributed by atoms with Gasteiger partial charge in [-0.1, -0.05) is 43.6 Å². The number of ether oxygens (including phenoxy) is 3. The van der Waals surface area contributed by atoms with Crippen LogP contribution in [0, 0.1) is 20.8 Å². The van der Waals surface area contributed by atoms with Gasteiger partial charge in [-0.3, -0.25) is 14.5 Å². The minimum absolute atomic E-state index is 0.107. The number of methoxy groups -OCH3 is 2. The van der Waals surface area contributed by atoms with Crippen LogP contribution in [0.2, 0.25) is 0 Å². The Kier molecular flexibility index (Phi) is 9.44. The number of Topliss-reactive ketones (excluding diaryl/α,β-unsaturated/α-hetero) is 1. The second-order valence-electron chi connectivity index (χ2n) is 9.54. The number of esters is 1. The fraction of sp³-hybridized carbons (Fsp3) is 0.414. The maximum atomic E-state index is 13.9. The largest absolute Gasteiger partial charge is 0.503 e. The number of amides is 1. The molecule has 1 aliphatic rings. The smallest absolute Gasteiger partial charge is 0.350 e. The van der Waals surface area contributed by atoms with E-state index in [2.05, 4.69) is 16.9 Å². The zero-order valence-electron chi connectivity index (χ0n) is 23.9. The number of nitrogens with zero attached hydrogens (tertiary/aromatic N) is 3. The molecule has 1 unspecified atom stereocenters. The summed E-state index contributed by atoms with van der Waals surface area (Å²) in [6.07, 6.45) is 4.21. The van der Waals surface area contributed by atoms with Gasteiger partial charge in [0.2, 0.25) is 5.78 Å². The molecule has 0 bridgehead atoms. The molecule has 1 N–H and O–H groups in total. The molecular weight excluding hydrogens is 566 g/mol. The number of anilines is 1. The van der Waals surface area contributed by atoms with Crippen molar-refractivity contribution in [3.05, 3.63) is 61.2 Å². The van der Waals surface area contributed by atoms with Crippen molar-refractivity contribution >= 4 is 45.5 Å². The minimum atomic E-state index is -1.06. The molecular formula is C29H33N3O7S2. The van der Waals surface area contributed by atoms with Crippen molar-refractivity contribution in [2.75, 3.05) is 25.7 Å². The zero-order valence-corrected chi connectivity index (χ0v) is 25.5. The van der Waals surface area contributed by atoms with Crippen LogP contribution in [-0.2, 0) is 9.53 Å². The Labute approximate surface area is 246 Å². The number of carbonyl (C=O) groups excluding carboxylic acids is 3. The van der Waals surface area contributed by atoms with E-state index in [0.29, 0.717) is 44.9 Å². The first-order valence-corrected chi connectivity index (χ1v) is 14.9. The number of aromatic nitrogens is 2. The van der Waals surface area contributed by atoms with Gasteiger partial charge in [0.1, 0.15) is 4.88 Å². The van der Waals surface area contributed by atoms with Crippen LogP contribution >= 0.6 is 22.7 Å². The number of aliphatic hydroxyl groups excluding tert-OH is 1. The van der Waals surface area contributed by atoms with Crippen molar-refractivity contribution in [1.82, 2.24) is 9.97 Å². The summed E-state index contributed by atoms with van der Waals surface area (Å²) in [5.41, 5.74) is 1.25. The van der Waals surface area contributed by atoms with Crippen LogP contribution in [-0.4, -0.2) is 53.6 Å². The molecule has 0 aliphatic carbocycles. The quantitative estimate of drug-likeness (QED) is 0.150. The predicted molar refractivity (Wildman–Crippen MR) is 157 cm³/mol. The van der Waals surface area contributed by atoms with Gasteiger partial charge in [-0.2, -0.15) is 0 Å². The van der Waals surface area contributed by atoms with E-state index in [1.165, 1.54) is 30.5 Å². The predicted octanol–water partition coefficient (Wildman–Crippen LogP) is 6.06. The average Bonchev–Trinajstić information content (AvgIpc) is 3.59. The van der Waals surface area contributed by atoms with Crippen molar-refractivity contribution in [2.45, 2.75) is 59.4 Å². The van der Waals surface area contributed by atoms with Gasteiger partial charge in [-0.15, -0.1) is 11.3 Å². The average molecular weight is 600 g/mol. The number of carbonyl (C=O) groups is 3. The molecule has 0 spiro atoms. The number of hydrogen-bond acceptors (Lipinski definition) is 11. The molecule has 0 radical (unpaired) electrons. The van der Waals surface area contributed by atoms with E-state index in [1.54, 1.807) is 39.0 Å². The van der Waals surface area contributed by atoms with Crippen molar-refractivity contribution in [1.29, 1.82) is 0 Å². The van der Waals surface area contributed by atoms with Gasteiger partial charge in [-0.05, 0) is 44.9 Å². The third-order valence-electron chi connectivity index (χ3n) is 6.68. The van der Waals surface area contributed by atoms with Gasteiger partial charge in [0.25, 0.3) is 5.91 Å². The van der Waals surface area contributed by atoms with E-state index >= 15 is 0 Å². The summed E-state index contributed by atoms with van der Waals surface area (Å²) in [6.45, 7) is 7.78. The maximum Gasteiger partial charge on any atom is 0.350 e. The Morgan fingerprint density at radius 2 is 1.73 bits per heavy atom. The zero-order chi connectivity index (χ0) is 29.8. The molecule has 0 saturated carbocycles. The van der Waals surface area contributed by atoms with E-state index in [-0.39, 0.29) is 15.6 Å². The lowest BCUT2D eigenvalue weighted by Gasteiger charge is -2.25. The lowest BCUT2D eigenvalue weighted by atomic mass is 9.95. The standard InChI is InChI=1S/C29H33N3O7S2/c1-7-8-9-10-13-39-19-12-11-18(14-20(19)37-5)22-21(23(33)25-15(2)30-17(4)40-25)24(34)27(35)32(22)29-31-16(3)26(41-29)28(36)38-6/h11-12,14,22,34H,7-10,13H2,1-6H3. The molecule has 1 atom stereocenters. The van der Waals surface area contributed by atoms with E-state index < -0.39 is 29.5 Å². The molecule has 1 aromatic carbocycles. The van der Waals surface area contributed by atoms with Crippen LogP contribution < -0.4 is 14.4 Å². The normalized spacial score (nSPS) is 15.0. The molecule has 1 amide bonds. The Morgan fingerprint density at radius 3 is 2.37 bits per heavy atom. The van der Waals surface area contributed by atoms with Crippen LogP contribution in [0.1, 0.15) is 80.0 Å². The van der Waals surface area contributed by atoms with Gasteiger partial charge in [0, 0.05) is 0 Å². The third-order valence-corrected chi connectivity index (χ3v) is 8.89. The van der Waals surface area contributed by atoms with Gasteiger partial charge in [-0.25, -0.2) is 14.8 Å². The molecule has 3 heterocycles. The highest BCUT2D eigenvalue weighted by molar-refractivity contribution is 7.17. The summed E-state index contributed by atoms with van der Waals surface area (Å²) in [4.78, 5) is 50.4. The Bertz CT molecular complexity index is 1510. The highest BCUT2D eigenvalue weighted by Gasteiger charge is 2.47. The number of thiazole rings is 2.